The van der Waals surface area contributed by atoms with Crippen LogP contribution in [0.25, 0.3) is 0 Å². The SMILES string of the molecule is CNCC1CCCCN1Cc1cc(Cl)ccc1Cl. The lowest BCUT2D eigenvalue weighted by molar-refractivity contribution is 0.139. The van der Waals surface area contributed by atoms with Gasteiger partial charge < -0.3 is 5.32 Å². The fourth-order valence-corrected chi connectivity index (χ4v) is 2.99. The number of piperidine rings is 1. The van der Waals surface area contributed by atoms with Gasteiger partial charge in [0.15, 0.2) is 0 Å². The summed E-state index contributed by atoms with van der Waals surface area (Å²) < 4.78 is 0. The molecule has 0 amide bonds. The van der Waals surface area contributed by atoms with Gasteiger partial charge in [0.1, 0.15) is 0 Å². The molecule has 1 aliphatic rings. The smallest absolute Gasteiger partial charge is 0.0452 e. The molecule has 18 heavy (non-hydrogen) atoms. The summed E-state index contributed by atoms with van der Waals surface area (Å²) in [6.45, 7) is 3.08. The minimum Gasteiger partial charge on any atom is -0.318 e. The molecule has 1 N–H and O–H groups in total. The van der Waals surface area contributed by atoms with Gasteiger partial charge in [-0.05, 0) is 50.2 Å². The second-order valence-electron chi connectivity index (χ2n) is 4.91. The molecule has 2 nitrogen and oxygen atoms in total. The van der Waals surface area contributed by atoms with Gasteiger partial charge in [-0.2, -0.15) is 0 Å². The van der Waals surface area contributed by atoms with Crippen molar-refractivity contribution in [3.63, 3.8) is 0 Å². The zero-order chi connectivity index (χ0) is 13.0. The summed E-state index contributed by atoms with van der Waals surface area (Å²) in [5.41, 5.74) is 1.13. The molecule has 0 spiro atoms. The Bertz CT molecular complexity index is 393. The Balaban J connectivity index is 2.08. The van der Waals surface area contributed by atoms with E-state index in [1.165, 1.54) is 19.3 Å². The lowest BCUT2D eigenvalue weighted by Gasteiger charge is -2.35. The Morgan fingerprint density at radius 2 is 2.17 bits per heavy atom. The predicted octanol–water partition coefficient (Wildman–Crippen LogP) is 3.57. The Labute approximate surface area is 119 Å². The zero-order valence-electron chi connectivity index (χ0n) is 10.8. The predicted molar refractivity (Wildman–Crippen MR) is 78.4 cm³/mol. The summed E-state index contributed by atoms with van der Waals surface area (Å²) in [4.78, 5) is 2.51. The molecule has 1 saturated heterocycles. The van der Waals surface area contributed by atoms with Gasteiger partial charge in [0.2, 0.25) is 0 Å². The lowest BCUT2D eigenvalue weighted by Crippen LogP contribution is -2.44. The quantitative estimate of drug-likeness (QED) is 0.910. The summed E-state index contributed by atoms with van der Waals surface area (Å²) in [6.07, 6.45) is 3.86. The maximum atomic E-state index is 6.24. The summed E-state index contributed by atoms with van der Waals surface area (Å²) in [5.74, 6) is 0. The van der Waals surface area contributed by atoms with Crippen LogP contribution >= 0.6 is 23.2 Å². The molecule has 1 unspecified atom stereocenters. The third-order valence-corrected chi connectivity index (χ3v) is 4.17. The molecule has 0 saturated carbocycles. The van der Waals surface area contributed by atoms with Gasteiger partial charge >= 0.3 is 0 Å². The molecule has 100 valence electrons. The molecule has 1 heterocycles. The molecule has 1 aliphatic heterocycles. The third kappa shape index (κ3) is 3.61. The first-order valence-electron chi connectivity index (χ1n) is 6.53. The number of likely N-dealkylation sites (N-methyl/N-ethyl adjacent to an activating group) is 1. The van der Waals surface area contributed by atoms with Crippen LogP contribution in [0, 0.1) is 0 Å². The van der Waals surface area contributed by atoms with E-state index in [1.54, 1.807) is 0 Å². The van der Waals surface area contributed by atoms with Crippen molar-refractivity contribution < 1.29 is 0 Å². The molecule has 0 bridgehead atoms. The number of benzene rings is 1. The highest BCUT2D eigenvalue weighted by Gasteiger charge is 2.22. The van der Waals surface area contributed by atoms with E-state index in [0.717, 1.165) is 35.2 Å². The second-order valence-corrected chi connectivity index (χ2v) is 5.76. The minimum atomic E-state index is 0.610. The maximum absolute atomic E-state index is 6.24. The minimum absolute atomic E-state index is 0.610. The van der Waals surface area contributed by atoms with E-state index >= 15 is 0 Å². The number of likely N-dealkylation sites (tertiary alicyclic amines) is 1. The highest BCUT2D eigenvalue weighted by Crippen LogP contribution is 2.25. The average molecular weight is 287 g/mol. The van der Waals surface area contributed by atoms with Gasteiger partial charge in [-0.15, -0.1) is 0 Å². The first kappa shape index (κ1) is 14.1. The van der Waals surface area contributed by atoms with Crippen molar-refractivity contribution in [3.8, 4) is 0 Å². The van der Waals surface area contributed by atoms with Crippen LogP contribution in [0.15, 0.2) is 18.2 Å². The molecule has 2 rings (SSSR count). The van der Waals surface area contributed by atoms with Crippen LogP contribution in [-0.2, 0) is 6.54 Å². The van der Waals surface area contributed by atoms with Gasteiger partial charge in [0.25, 0.3) is 0 Å². The summed E-state index contributed by atoms with van der Waals surface area (Å²) >= 11 is 12.3. The molecule has 1 fully saturated rings. The van der Waals surface area contributed by atoms with E-state index in [-0.39, 0.29) is 0 Å². The van der Waals surface area contributed by atoms with Crippen LogP contribution < -0.4 is 5.32 Å². The van der Waals surface area contributed by atoms with E-state index in [2.05, 4.69) is 10.2 Å². The number of nitrogens with one attached hydrogen (secondary N) is 1. The van der Waals surface area contributed by atoms with Crippen molar-refractivity contribution >= 4 is 23.2 Å². The van der Waals surface area contributed by atoms with Crippen molar-refractivity contribution in [2.45, 2.75) is 31.8 Å². The second kappa shape index (κ2) is 6.76. The molecular formula is C14H20Cl2N2. The number of hydrogen-bond donors (Lipinski definition) is 1. The Kier molecular flexibility index (Phi) is 5.31. The number of halogens is 2. The van der Waals surface area contributed by atoms with E-state index in [4.69, 9.17) is 23.2 Å². The van der Waals surface area contributed by atoms with Crippen LogP contribution in [0.4, 0.5) is 0 Å². The largest absolute Gasteiger partial charge is 0.318 e. The summed E-state index contributed by atoms with van der Waals surface area (Å²) in [6, 6.07) is 6.32. The van der Waals surface area contributed by atoms with E-state index < -0.39 is 0 Å². The van der Waals surface area contributed by atoms with Crippen molar-refractivity contribution in [3.05, 3.63) is 33.8 Å². The van der Waals surface area contributed by atoms with Crippen LogP contribution in [0.1, 0.15) is 24.8 Å². The van der Waals surface area contributed by atoms with Gasteiger partial charge in [-0.3, -0.25) is 4.90 Å². The molecule has 1 aromatic rings. The number of rotatable bonds is 4. The third-order valence-electron chi connectivity index (χ3n) is 3.57. The van der Waals surface area contributed by atoms with Crippen molar-refractivity contribution in [1.29, 1.82) is 0 Å². The van der Waals surface area contributed by atoms with Crippen molar-refractivity contribution in [2.24, 2.45) is 0 Å². The Hall–Kier alpha value is -0.280. The van der Waals surface area contributed by atoms with Crippen molar-refractivity contribution in [1.82, 2.24) is 10.2 Å². The van der Waals surface area contributed by atoms with E-state index in [9.17, 15) is 0 Å². The average Bonchev–Trinajstić information content (AvgIpc) is 2.36. The fraction of sp³-hybridized carbons (Fsp3) is 0.571. The van der Waals surface area contributed by atoms with Crippen LogP contribution in [0.2, 0.25) is 10.0 Å². The topological polar surface area (TPSA) is 15.3 Å². The lowest BCUT2D eigenvalue weighted by atomic mass is 10.0. The summed E-state index contributed by atoms with van der Waals surface area (Å²) in [7, 11) is 2.01. The highest BCUT2D eigenvalue weighted by molar-refractivity contribution is 6.33. The Morgan fingerprint density at radius 1 is 1.33 bits per heavy atom. The molecule has 0 aromatic heterocycles. The number of nitrogens with zero attached hydrogens (tertiary/aromatic N) is 1. The molecule has 0 radical (unpaired) electrons. The molecule has 0 aliphatic carbocycles. The van der Waals surface area contributed by atoms with Gasteiger partial charge in [0, 0.05) is 29.2 Å². The summed E-state index contributed by atoms with van der Waals surface area (Å²) in [5, 5.41) is 4.85. The molecule has 4 heteroatoms. The normalized spacial score (nSPS) is 21.2. The first-order valence-corrected chi connectivity index (χ1v) is 7.29. The van der Waals surface area contributed by atoms with Crippen LogP contribution in [-0.4, -0.2) is 31.1 Å². The number of hydrogen-bond acceptors (Lipinski definition) is 2. The van der Waals surface area contributed by atoms with E-state index in [0.29, 0.717) is 6.04 Å². The van der Waals surface area contributed by atoms with Gasteiger partial charge in [-0.25, -0.2) is 0 Å². The monoisotopic (exact) mass is 286 g/mol. The van der Waals surface area contributed by atoms with Crippen molar-refractivity contribution in [2.75, 3.05) is 20.1 Å². The molecule has 1 atom stereocenters. The highest BCUT2D eigenvalue weighted by atomic mass is 35.5. The van der Waals surface area contributed by atoms with Crippen LogP contribution in [0.5, 0.6) is 0 Å². The first-order chi connectivity index (χ1) is 8.70. The standard InChI is InChI=1S/C14H20Cl2N2/c1-17-9-13-4-2-3-7-18(13)10-11-8-12(15)5-6-14(11)16/h5-6,8,13,17H,2-4,7,9-10H2,1H3. The zero-order valence-corrected chi connectivity index (χ0v) is 12.3. The molecule has 1 aromatic carbocycles. The van der Waals surface area contributed by atoms with Gasteiger partial charge in [-0.1, -0.05) is 29.6 Å². The maximum Gasteiger partial charge on any atom is 0.0452 e. The van der Waals surface area contributed by atoms with Crippen LogP contribution in [0.3, 0.4) is 0 Å². The van der Waals surface area contributed by atoms with E-state index in [1.807, 2.05) is 25.2 Å². The Morgan fingerprint density at radius 3 is 2.94 bits per heavy atom. The molecular weight excluding hydrogens is 267 g/mol. The fourth-order valence-electron chi connectivity index (χ4n) is 2.62. The van der Waals surface area contributed by atoms with Gasteiger partial charge in [0.05, 0.1) is 0 Å².